The number of halogens is 2. The Morgan fingerprint density at radius 3 is 2.50 bits per heavy atom. The molecule has 0 spiro atoms. The quantitative estimate of drug-likeness (QED) is 0.678. The first-order chi connectivity index (χ1) is 10.3. The first-order valence-corrected chi connectivity index (χ1v) is 6.77. The second-order valence-electron chi connectivity index (χ2n) is 4.42. The van der Waals surface area contributed by atoms with Crippen LogP contribution >= 0.6 is 23.2 Å². The molecule has 6 nitrogen and oxygen atoms in total. The number of hydrogen-bond donors (Lipinski definition) is 1. The summed E-state index contributed by atoms with van der Waals surface area (Å²) in [7, 11) is 1.44. The lowest BCUT2D eigenvalue weighted by atomic mass is 10.1. The van der Waals surface area contributed by atoms with E-state index in [9.17, 15) is 20.0 Å². The van der Waals surface area contributed by atoms with E-state index >= 15 is 0 Å². The monoisotopic (exact) mass is 340 g/mol. The molecule has 0 aliphatic heterocycles. The van der Waals surface area contributed by atoms with Crippen LogP contribution in [0.25, 0.3) is 0 Å². The maximum atomic E-state index is 12.4. The maximum absolute atomic E-state index is 12.4. The molecule has 0 radical (unpaired) electrons. The summed E-state index contributed by atoms with van der Waals surface area (Å²) in [6.07, 6.45) is 0. The number of nitro benzene ring substituents is 1. The van der Waals surface area contributed by atoms with Gasteiger partial charge in [-0.15, -0.1) is 0 Å². The topological polar surface area (TPSA) is 83.7 Å². The molecule has 1 amide bonds. The Balaban J connectivity index is 2.39. The highest BCUT2D eigenvalue weighted by Gasteiger charge is 2.21. The fourth-order valence-electron chi connectivity index (χ4n) is 1.85. The number of carbonyl (C=O) groups excluding carboxylic acids is 1. The molecule has 0 aliphatic rings. The maximum Gasteiger partial charge on any atom is 0.271 e. The smallest absolute Gasteiger partial charge is 0.271 e. The van der Waals surface area contributed by atoms with Gasteiger partial charge in [0.25, 0.3) is 11.6 Å². The van der Waals surface area contributed by atoms with E-state index in [2.05, 4.69) is 0 Å². The van der Waals surface area contributed by atoms with Crippen LogP contribution in [-0.4, -0.2) is 23.0 Å². The van der Waals surface area contributed by atoms with Crippen LogP contribution in [0.2, 0.25) is 10.0 Å². The molecule has 8 heteroatoms. The van der Waals surface area contributed by atoms with E-state index in [1.165, 1.54) is 42.3 Å². The van der Waals surface area contributed by atoms with E-state index in [-0.39, 0.29) is 27.7 Å². The van der Waals surface area contributed by atoms with Crippen LogP contribution in [0.4, 0.5) is 11.4 Å². The molecule has 2 rings (SSSR count). The van der Waals surface area contributed by atoms with Crippen molar-refractivity contribution in [2.45, 2.75) is 0 Å². The van der Waals surface area contributed by atoms with Crippen molar-refractivity contribution in [2.24, 2.45) is 0 Å². The second kappa shape index (κ2) is 6.21. The van der Waals surface area contributed by atoms with Crippen molar-refractivity contribution in [3.63, 3.8) is 0 Å². The highest BCUT2D eigenvalue weighted by Crippen LogP contribution is 2.31. The van der Waals surface area contributed by atoms with Crippen LogP contribution in [0.3, 0.4) is 0 Å². The molecular weight excluding hydrogens is 331 g/mol. The number of phenols is 1. The van der Waals surface area contributed by atoms with Crippen molar-refractivity contribution in [1.82, 2.24) is 0 Å². The van der Waals surface area contributed by atoms with E-state index in [1.807, 2.05) is 0 Å². The zero-order valence-electron chi connectivity index (χ0n) is 11.3. The fourth-order valence-corrected chi connectivity index (χ4v) is 2.32. The molecule has 0 aliphatic carbocycles. The predicted octanol–water partition coefficient (Wildman–Crippen LogP) is 3.88. The fraction of sp³-hybridized carbons (Fsp3) is 0.0714. The number of nitro groups is 1. The van der Waals surface area contributed by atoms with E-state index in [0.717, 1.165) is 6.07 Å². The van der Waals surface area contributed by atoms with E-state index in [0.29, 0.717) is 5.02 Å². The minimum absolute atomic E-state index is 0.00409. The highest BCUT2D eigenvalue weighted by atomic mass is 35.5. The van der Waals surface area contributed by atoms with Gasteiger partial charge >= 0.3 is 0 Å². The molecule has 0 unspecified atom stereocenters. The standard InChI is InChI=1S/C14H10Cl2N2O4/c1-17(12-4-3-9(18(21)22)7-11(12)16)14(20)10-6-8(15)2-5-13(10)19/h2-7,19H,1H3. The molecule has 0 aromatic heterocycles. The van der Waals surface area contributed by atoms with Gasteiger partial charge in [0.05, 0.1) is 21.2 Å². The van der Waals surface area contributed by atoms with Gasteiger partial charge in [-0.2, -0.15) is 0 Å². The minimum Gasteiger partial charge on any atom is -0.507 e. The first kappa shape index (κ1) is 16.1. The van der Waals surface area contributed by atoms with Crippen LogP contribution < -0.4 is 4.90 Å². The average molecular weight is 341 g/mol. The molecule has 0 heterocycles. The molecule has 0 atom stereocenters. The van der Waals surface area contributed by atoms with Crippen molar-refractivity contribution in [1.29, 1.82) is 0 Å². The van der Waals surface area contributed by atoms with Gasteiger partial charge in [-0.25, -0.2) is 0 Å². The molecule has 114 valence electrons. The summed E-state index contributed by atoms with van der Waals surface area (Å²) >= 11 is 11.8. The Morgan fingerprint density at radius 2 is 1.91 bits per heavy atom. The molecular formula is C14H10Cl2N2O4. The number of hydrogen-bond acceptors (Lipinski definition) is 4. The number of anilines is 1. The third-order valence-electron chi connectivity index (χ3n) is 3.00. The number of non-ortho nitro benzene ring substituents is 1. The molecule has 2 aromatic carbocycles. The summed E-state index contributed by atoms with van der Waals surface area (Å²) in [6, 6.07) is 7.84. The van der Waals surface area contributed by atoms with Gasteiger partial charge in [0.1, 0.15) is 5.75 Å². The number of carbonyl (C=O) groups is 1. The number of nitrogens with zero attached hydrogens (tertiary/aromatic N) is 2. The van der Waals surface area contributed by atoms with Crippen molar-refractivity contribution >= 4 is 40.5 Å². The lowest BCUT2D eigenvalue weighted by molar-refractivity contribution is -0.384. The van der Waals surface area contributed by atoms with Gasteiger partial charge in [-0.05, 0) is 24.3 Å². The summed E-state index contributed by atoms with van der Waals surface area (Å²) in [5.41, 5.74) is 0.0984. The van der Waals surface area contributed by atoms with Crippen LogP contribution in [0.1, 0.15) is 10.4 Å². The summed E-state index contributed by atoms with van der Waals surface area (Å²) in [6.45, 7) is 0. The molecule has 22 heavy (non-hydrogen) atoms. The number of aromatic hydroxyl groups is 1. The summed E-state index contributed by atoms with van der Waals surface area (Å²) in [4.78, 5) is 23.7. The predicted molar refractivity (Wildman–Crippen MR) is 84.0 cm³/mol. The largest absolute Gasteiger partial charge is 0.507 e. The van der Waals surface area contributed by atoms with Crippen molar-refractivity contribution in [3.05, 3.63) is 62.1 Å². The van der Waals surface area contributed by atoms with E-state index in [1.54, 1.807) is 0 Å². The third kappa shape index (κ3) is 3.13. The minimum atomic E-state index is -0.583. The molecule has 0 saturated heterocycles. The van der Waals surface area contributed by atoms with Gasteiger partial charge in [0.15, 0.2) is 0 Å². The number of amides is 1. The van der Waals surface area contributed by atoms with Crippen molar-refractivity contribution < 1.29 is 14.8 Å². The van der Waals surface area contributed by atoms with Crippen LogP contribution in [0.5, 0.6) is 5.75 Å². The van der Waals surface area contributed by atoms with Crippen molar-refractivity contribution in [2.75, 3.05) is 11.9 Å². The number of rotatable bonds is 3. The zero-order chi connectivity index (χ0) is 16.4. The summed E-state index contributed by atoms with van der Waals surface area (Å²) in [5.74, 6) is -0.768. The molecule has 1 N–H and O–H groups in total. The Kier molecular flexibility index (Phi) is 4.54. The molecule has 0 saturated carbocycles. The van der Waals surface area contributed by atoms with Gasteiger partial charge in [-0.1, -0.05) is 23.2 Å². The van der Waals surface area contributed by atoms with Gasteiger partial charge in [0.2, 0.25) is 0 Å². The van der Waals surface area contributed by atoms with Crippen LogP contribution in [-0.2, 0) is 0 Å². The van der Waals surface area contributed by atoms with Crippen LogP contribution in [0, 0.1) is 10.1 Å². The SMILES string of the molecule is CN(C(=O)c1cc(Cl)ccc1O)c1ccc([N+](=O)[O-])cc1Cl. The second-order valence-corrected chi connectivity index (χ2v) is 5.26. The lowest BCUT2D eigenvalue weighted by Crippen LogP contribution is -2.26. The van der Waals surface area contributed by atoms with Gasteiger partial charge in [-0.3, -0.25) is 14.9 Å². The zero-order valence-corrected chi connectivity index (χ0v) is 12.8. The van der Waals surface area contributed by atoms with Gasteiger partial charge < -0.3 is 10.0 Å². The third-order valence-corrected chi connectivity index (χ3v) is 3.53. The summed E-state index contributed by atoms with van der Waals surface area (Å²) < 4.78 is 0. The highest BCUT2D eigenvalue weighted by molar-refractivity contribution is 6.34. The Labute approximate surface area is 135 Å². The normalized spacial score (nSPS) is 10.3. The average Bonchev–Trinajstić information content (AvgIpc) is 2.48. The molecule has 0 bridgehead atoms. The van der Waals surface area contributed by atoms with Crippen molar-refractivity contribution in [3.8, 4) is 5.75 Å². The Hall–Kier alpha value is -2.31. The van der Waals surface area contributed by atoms with E-state index in [4.69, 9.17) is 23.2 Å². The number of benzene rings is 2. The lowest BCUT2D eigenvalue weighted by Gasteiger charge is -2.19. The Bertz CT molecular complexity index is 765. The number of phenolic OH excluding ortho intramolecular Hbond substituents is 1. The first-order valence-electron chi connectivity index (χ1n) is 6.01. The molecule has 2 aromatic rings. The van der Waals surface area contributed by atoms with E-state index < -0.39 is 10.8 Å². The van der Waals surface area contributed by atoms with Gasteiger partial charge in [0, 0.05) is 24.2 Å². The van der Waals surface area contributed by atoms with Crippen LogP contribution in [0.15, 0.2) is 36.4 Å². The Morgan fingerprint density at radius 1 is 1.23 bits per heavy atom. The molecule has 0 fully saturated rings. The summed E-state index contributed by atoms with van der Waals surface area (Å²) in [5, 5.41) is 20.8.